The van der Waals surface area contributed by atoms with Crippen molar-refractivity contribution in [3.8, 4) is 46.0 Å². The minimum absolute atomic E-state index is 0.0193. The molecule has 1 heterocycles. The predicted molar refractivity (Wildman–Crippen MR) is 173 cm³/mol. The first-order valence-corrected chi connectivity index (χ1v) is 15.1. The summed E-state index contributed by atoms with van der Waals surface area (Å²) in [5.41, 5.74) is 1.38. The highest BCUT2D eigenvalue weighted by atomic mass is 16.6. The molecular formula is C36H36O13. The van der Waals surface area contributed by atoms with E-state index in [4.69, 9.17) is 33.2 Å². The number of phenols is 4. The van der Waals surface area contributed by atoms with Crippen molar-refractivity contribution < 1.29 is 63.2 Å². The molecule has 4 unspecified atom stereocenters. The lowest BCUT2D eigenvalue weighted by molar-refractivity contribution is 0.0105. The fourth-order valence-corrected chi connectivity index (χ4v) is 5.74. The second-order valence-electron chi connectivity index (χ2n) is 11.1. The van der Waals surface area contributed by atoms with Crippen LogP contribution in [-0.2, 0) is 14.2 Å². The van der Waals surface area contributed by atoms with E-state index in [9.17, 15) is 30.0 Å². The van der Waals surface area contributed by atoms with Crippen LogP contribution in [0.3, 0.4) is 0 Å². The van der Waals surface area contributed by atoms with Gasteiger partial charge in [-0.2, -0.15) is 0 Å². The second-order valence-corrected chi connectivity index (χ2v) is 11.1. The Morgan fingerprint density at radius 2 is 0.857 bits per heavy atom. The Labute approximate surface area is 281 Å². The minimum Gasteiger partial charge on any atom is -0.508 e. The van der Waals surface area contributed by atoms with Crippen molar-refractivity contribution in [2.24, 2.45) is 11.8 Å². The standard InChI is InChI=1S/C36H36O13/c1-43-27-13-21(14-28(44-2)31(27)39)33-25(17-47-35(41)19-5-9-23(37)10-6-19)26(18-48-36(42)20-7-11-24(38)12-8-20)34(49-33)22-15-29(45-3)32(40)30(16-22)46-4/h5-16,25-26,33-34,37-40H,17-18H2,1-4H3. The summed E-state index contributed by atoms with van der Waals surface area (Å²) in [6, 6.07) is 17.4. The molecule has 4 aromatic carbocycles. The van der Waals surface area contributed by atoms with E-state index in [0.29, 0.717) is 11.1 Å². The number of aromatic hydroxyl groups is 4. The number of methoxy groups -OCH3 is 4. The maximum Gasteiger partial charge on any atom is 0.338 e. The van der Waals surface area contributed by atoms with Crippen LogP contribution in [0, 0.1) is 11.8 Å². The van der Waals surface area contributed by atoms with Crippen molar-refractivity contribution in [2.75, 3.05) is 41.7 Å². The van der Waals surface area contributed by atoms with Gasteiger partial charge in [0, 0.05) is 11.8 Å². The first kappa shape index (κ1) is 34.5. The van der Waals surface area contributed by atoms with Crippen molar-refractivity contribution in [3.05, 3.63) is 95.1 Å². The normalized spacial score (nSPS) is 18.4. The summed E-state index contributed by atoms with van der Waals surface area (Å²) in [5.74, 6) is -2.82. The van der Waals surface area contributed by atoms with Gasteiger partial charge in [0.2, 0.25) is 11.5 Å². The molecule has 1 aliphatic rings. The maximum absolute atomic E-state index is 13.2. The zero-order valence-corrected chi connectivity index (χ0v) is 27.1. The zero-order chi connectivity index (χ0) is 35.2. The van der Waals surface area contributed by atoms with Gasteiger partial charge in [0.15, 0.2) is 23.0 Å². The van der Waals surface area contributed by atoms with Crippen molar-refractivity contribution >= 4 is 11.9 Å². The Kier molecular flexibility index (Phi) is 10.5. The third kappa shape index (κ3) is 7.36. The predicted octanol–water partition coefficient (Wildman–Crippen LogP) is 5.30. The monoisotopic (exact) mass is 676 g/mol. The number of ether oxygens (including phenoxy) is 7. The molecule has 4 atom stereocenters. The molecule has 0 aliphatic carbocycles. The molecule has 4 aromatic rings. The molecule has 13 nitrogen and oxygen atoms in total. The van der Waals surface area contributed by atoms with Gasteiger partial charge in [0.05, 0.1) is 65.0 Å². The van der Waals surface area contributed by atoms with E-state index in [0.717, 1.165) is 0 Å². The van der Waals surface area contributed by atoms with E-state index < -0.39 is 36.0 Å². The topological polar surface area (TPSA) is 180 Å². The summed E-state index contributed by atoms with van der Waals surface area (Å²) in [5, 5.41) is 40.6. The van der Waals surface area contributed by atoms with Gasteiger partial charge in [-0.1, -0.05) is 0 Å². The van der Waals surface area contributed by atoms with Crippen molar-refractivity contribution in [3.63, 3.8) is 0 Å². The molecule has 0 saturated carbocycles. The third-order valence-corrected chi connectivity index (χ3v) is 8.30. The van der Waals surface area contributed by atoms with E-state index in [-0.39, 0.29) is 70.3 Å². The van der Waals surface area contributed by atoms with Crippen molar-refractivity contribution in [1.82, 2.24) is 0 Å². The van der Waals surface area contributed by atoms with Gasteiger partial charge in [0.1, 0.15) is 11.5 Å². The third-order valence-electron chi connectivity index (χ3n) is 8.30. The van der Waals surface area contributed by atoms with E-state index in [1.165, 1.54) is 77.0 Å². The molecule has 49 heavy (non-hydrogen) atoms. The Morgan fingerprint density at radius 1 is 0.551 bits per heavy atom. The van der Waals surface area contributed by atoms with Crippen LogP contribution in [-0.4, -0.2) is 74.0 Å². The lowest BCUT2D eigenvalue weighted by Gasteiger charge is -2.25. The fourth-order valence-electron chi connectivity index (χ4n) is 5.74. The Balaban J connectivity index is 1.59. The van der Waals surface area contributed by atoms with Gasteiger partial charge in [-0.25, -0.2) is 9.59 Å². The highest BCUT2D eigenvalue weighted by Gasteiger charge is 2.48. The zero-order valence-electron chi connectivity index (χ0n) is 27.1. The summed E-state index contributed by atoms with van der Waals surface area (Å²) in [6.45, 7) is -0.444. The summed E-state index contributed by atoms with van der Waals surface area (Å²) in [4.78, 5) is 26.3. The molecule has 5 rings (SSSR count). The van der Waals surface area contributed by atoms with Crippen molar-refractivity contribution in [2.45, 2.75) is 12.2 Å². The molecule has 1 fully saturated rings. The maximum atomic E-state index is 13.2. The minimum atomic E-state index is -0.857. The first-order chi connectivity index (χ1) is 23.6. The number of hydrogen-bond acceptors (Lipinski definition) is 13. The van der Waals surface area contributed by atoms with Gasteiger partial charge in [-0.05, 0) is 83.9 Å². The molecular weight excluding hydrogens is 640 g/mol. The molecule has 0 bridgehead atoms. The Bertz CT molecular complexity index is 1610. The van der Waals surface area contributed by atoms with E-state index in [2.05, 4.69) is 0 Å². The number of benzene rings is 4. The quantitative estimate of drug-likeness (QED) is 0.142. The Hall–Kier alpha value is -5.82. The van der Waals surface area contributed by atoms with Crippen LogP contribution in [0.1, 0.15) is 44.1 Å². The molecule has 1 saturated heterocycles. The molecule has 0 amide bonds. The van der Waals surface area contributed by atoms with Crippen LogP contribution in [0.25, 0.3) is 0 Å². The molecule has 0 spiro atoms. The Morgan fingerprint density at radius 3 is 1.14 bits per heavy atom. The average molecular weight is 677 g/mol. The lowest BCUT2D eigenvalue weighted by Crippen LogP contribution is -2.28. The van der Waals surface area contributed by atoms with Crippen LogP contribution in [0.2, 0.25) is 0 Å². The largest absolute Gasteiger partial charge is 0.508 e. The molecule has 0 aromatic heterocycles. The summed E-state index contributed by atoms with van der Waals surface area (Å²) in [6.07, 6.45) is -1.71. The smallest absolute Gasteiger partial charge is 0.338 e. The summed E-state index contributed by atoms with van der Waals surface area (Å²) in [7, 11) is 5.53. The highest BCUT2D eigenvalue weighted by molar-refractivity contribution is 5.90. The number of phenolic OH excluding ortho intramolecular Hbond substituents is 4. The van der Waals surface area contributed by atoms with Gasteiger partial charge >= 0.3 is 11.9 Å². The van der Waals surface area contributed by atoms with Crippen LogP contribution in [0.4, 0.5) is 0 Å². The van der Waals surface area contributed by atoms with E-state index >= 15 is 0 Å². The highest BCUT2D eigenvalue weighted by Crippen LogP contribution is 2.53. The second kappa shape index (κ2) is 14.9. The van der Waals surface area contributed by atoms with Crippen molar-refractivity contribution in [1.29, 1.82) is 0 Å². The van der Waals surface area contributed by atoms with Gasteiger partial charge in [0.25, 0.3) is 0 Å². The molecule has 0 radical (unpaired) electrons. The average Bonchev–Trinajstić information content (AvgIpc) is 3.48. The van der Waals surface area contributed by atoms with Gasteiger partial charge in [-0.15, -0.1) is 0 Å². The van der Waals surface area contributed by atoms with Crippen LogP contribution in [0.15, 0.2) is 72.8 Å². The number of hydrogen-bond donors (Lipinski definition) is 4. The number of esters is 2. The summed E-state index contributed by atoms with van der Waals surface area (Å²) >= 11 is 0. The van der Waals surface area contributed by atoms with Gasteiger partial charge < -0.3 is 53.6 Å². The lowest BCUT2D eigenvalue weighted by atomic mass is 9.83. The van der Waals surface area contributed by atoms with E-state index in [1.54, 1.807) is 24.3 Å². The first-order valence-electron chi connectivity index (χ1n) is 15.1. The number of rotatable bonds is 12. The molecule has 13 heteroatoms. The molecule has 258 valence electrons. The SMILES string of the molecule is COc1cc(C2OC(c3cc(OC)c(O)c(OC)c3)C(COC(=O)c3ccc(O)cc3)C2COC(=O)c2ccc(O)cc2)cc(OC)c1O. The molecule has 4 N–H and O–H groups in total. The number of carbonyl (C=O) groups is 2. The number of carbonyl (C=O) groups excluding carboxylic acids is 2. The van der Waals surface area contributed by atoms with Crippen LogP contribution < -0.4 is 18.9 Å². The fraction of sp³-hybridized carbons (Fsp3) is 0.278. The summed E-state index contributed by atoms with van der Waals surface area (Å²) < 4.78 is 39.9. The van der Waals surface area contributed by atoms with Crippen LogP contribution >= 0.6 is 0 Å². The van der Waals surface area contributed by atoms with Gasteiger partial charge in [-0.3, -0.25) is 0 Å². The molecule has 1 aliphatic heterocycles. The van der Waals surface area contributed by atoms with Crippen LogP contribution in [0.5, 0.6) is 46.0 Å². The van der Waals surface area contributed by atoms with E-state index in [1.807, 2.05) is 0 Å².